The molecule has 0 bridgehead atoms. The molecule has 2 aliphatic rings. The Hall–Kier alpha value is -1.66. The lowest BCUT2D eigenvalue weighted by Gasteiger charge is -2.36. The third kappa shape index (κ3) is 2.46. The van der Waals surface area contributed by atoms with Crippen LogP contribution in [0.5, 0.6) is 5.75 Å². The van der Waals surface area contributed by atoms with Gasteiger partial charge >= 0.3 is 6.03 Å². The number of aromatic hydroxyl groups is 1. The molecular weight excluding hydrogens is 329 g/mol. The van der Waals surface area contributed by atoms with E-state index in [4.69, 9.17) is 28.9 Å². The lowest BCUT2D eigenvalue weighted by Crippen LogP contribution is -2.56. The molecule has 3 amide bonds. The van der Waals surface area contributed by atoms with E-state index in [1.54, 1.807) is 4.90 Å². The van der Waals surface area contributed by atoms with Crippen LogP contribution in [0.1, 0.15) is 17.9 Å². The van der Waals surface area contributed by atoms with Gasteiger partial charge in [0, 0.05) is 24.6 Å². The molecule has 1 aromatic carbocycles. The van der Waals surface area contributed by atoms with Gasteiger partial charge in [-0.25, -0.2) is 4.79 Å². The number of carbonyl (C=O) groups is 2. The summed E-state index contributed by atoms with van der Waals surface area (Å²) in [6.07, 6.45) is 0.600. The van der Waals surface area contributed by atoms with E-state index >= 15 is 0 Å². The monoisotopic (exact) mass is 343 g/mol. The number of piperazine rings is 1. The fourth-order valence-corrected chi connectivity index (χ4v) is 3.77. The number of hydrogen-bond acceptors (Lipinski definition) is 3. The largest absolute Gasteiger partial charge is 0.508 e. The highest BCUT2D eigenvalue weighted by molar-refractivity contribution is 6.42. The van der Waals surface area contributed by atoms with Crippen LogP contribution in [0.25, 0.3) is 0 Å². The molecule has 2 atom stereocenters. The second-order valence-corrected chi connectivity index (χ2v) is 6.43. The number of primary amides is 1. The van der Waals surface area contributed by atoms with Crippen molar-refractivity contribution in [2.75, 3.05) is 19.6 Å². The molecule has 0 radical (unpaired) electrons. The standard InChI is InChI=1S/C14H15Cl2N3O3/c15-9-1-2-10(20)12(13(9)16)7-3-8-5-18(14(17)22)6-11(21)19(8)4-7/h1-2,7-8,20H,3-6H2,(H2,17,22)/t7-,8-/m0/s1. The molecule has 2 heterocycles. The molecule has 8 heteroatoms. The normalized spacial score (nSPS) is 24.5. The molecule has 0 aromatic heterocycles. The Labute approximate surface area is 137 Å². The van der Waals surface area contributed by atoms with E-state index in [0.29, 0.717) is 35.1 Å². The molecule has 2 fully saturated rings. The van der Waals surface area contributed by atoms with Crippen LogP contribution in [0, 0.1) is 0 Å². The summed E-state index contributed by atoms with van der Waals surface area (Å²) >= 11 is 12.2. The topological polar surface area (TPSA) is 86.9 Å². The van der Waals surface area contributed by atoms with Gasteiger partial charge in [0.2, 0.25) is 5.91 Å². The summed E-state index contributed by atoms with van der Waals surface area (Å²) < 4.78 is 0. The quantitative estimate of drug-likeness (QED) is 0.814. The SMILES string of the molecule is NC(=O)N1CC(=O)N2C[C@@H](c3c(O)ccc(Cl)c3Cl)C[C@H]2C1. The highest BCUT2D eigenvalue weighted by Gasteiger charge is 2.42. The number of nitrogens with zero attached hydrogens (tertiary/aromatic N) is 2. The van der Waals surface area contributed by atoms with Gasteiger partial charge in [0.05, 0.1) is 16.1 Å². The van der Waals surface area contributed by atoms with Crippen molar-refractivity contribution in [3.05, 3.63) is 27.7 Å². The van der Waals surface area contributed by atoms with Crippen LogP contribution >= 0.6 is 23.2 Å². The lowest BCUT2D eigenvalue weighted by molar-refractivity contribution is -0.136. The third-order valence-electron chi connectivity index (χ3n) is 4.32. The summed E-state index contributed by atoms with van der Waals surface area (Å²) in [6.45, 7) is 0.841. The van der Waals surface area contributed by atoms with Crippen molar-refractivity contribution >= 4 is 35.1 Å². The van der Waals surface area contributed by atoms with Crippen LogP contribution in [0.3, 0.4) is 0 Å². The van der Waals surface area contributed by atoms with Gasteiger partial charge in [-0.05, 0) is 18.6 Å². The van der Waals surface area contributed by atoms with E-state index < -0.39 is 6.03 Å². The van der Waals surface area contributed by atoms with Crippen LogP contribution in [0.4, 0.5) is 4.79 Å². The Morgan fingerprint density at radius 1 is 1.32 bits per heavy atom. The van der Waals surface area contributed by atoms with E-state index in [-0.39, 0.29) is 30.2 Å². The van der Waals surface area contributed by atoms with E-state index in [1.165, 1.54) is 17.0 Å². The second kappa shape index (κ2) is 5.52. The van der Waals surface area contributed by atoms with Crippen molar-refractivity contribution in [2.45, 2.75) is 18.4 Å². The summed E-state index contributed by atoms with van der Waals surface area (Å²) in [6, 6.07) is 2.32. The number of benzene rings is 1. The highest BCUT2D eigenvalue weighted by Crippen LogP contribution is 2.43. The van der Waals surface area contributed by atoms with Gasteiger partial charge in [-0.2, -0.15) is 0 Å². The zero-order valence-corrected chi connectivity index (χ0v) is 13.1. The molecule has 1 aromatic rings. The highest BCUT2D eigenvalue weighted by atomic mass is 35.5. The lowest BCUT2D eigenvalue weighted by atomic mass is 9.95. The molecule has 2 saturated heterocycles. The maximum absolute atomic E-state index is 12.2. The molecular formula is C14H15Cl2N3O3. The molecule has 6 nitrogen and oxygen atoms in total. The van der Waals surface area contributed by atoms with Gasteiger partial charge < -0.3 is 20.6 Å². The first-order valence-corrected chi connectivity index (χ1v) is 7.64. The zero-order valence-electron chi connectivity index (χ0n) is 11.6. The Morgan fingerprint density at radius 3 is 2.73 bits per heavy atom. The fraction of sp³-hybridized carbons (Fsp3) is 0.429. The number of rotatable bonds is 1. The molecule has 2 aliphatic heterocycles. The minimum Gasteiger partial charge on any atom is -0.508 e. The first kappa shape index (κ1) is 15.2. The Balaban J connectivity index is 1.88. The van der Waals surface area contributed by atoms with Crippen LogP contribution in [-0.2, 0) is 4.79 Å². The van der Waals surface area contributed by atoms with E-state index in [0.717, 1.165) is 0 Å². The summed E-state index contributed by atoms with van der Waals surface area (Å²) in [5, 5.41) is 10.8. The van der Waals surface area contributed by atoms with Gasteiger partial charge in [0.25, 0.3) is 0 Å². The number of phenols is 1. The van der Waals surface area contributed by atoms with Gasteiger partial charge in [0.1, 0.15) is 12.3 Å². The number of halogens is 2. The average molecular weight is 344 g/mol. The number of amides is 3. The van der Waals surface area contributed by atoms with Crippen molar-refractivity contribution < 1.29 is 14.7 Å². The molecule has 0 unspecified atom stereocenters. The number of hydrogen-bond donors (Lipinski definition) is 2. The molecule has 0 spiro atoms. The Morgan fingerprint density at radius 2 is 2.05 bits per heavy atom. The fourth-order valence-electron chi connectivity index (χ4n) is 3.29. The maximum Gasteiger partial charge on any atom is 0.315 e. The number of phenolic OH excluding ortho intramolecular Hbond substituents is 1. The van der Waals surface area contributed by atoms with Crippen molar-refractivity contribution in [1.29, 1.82) is 0 Å². The van der Waals surface area contributed by atoms with Crippen molar-refractivity contribution in [3.63, 3.8) is 0 Å². The molecule has 3 rings (SSSR count). The maximum atomic E-state index is 12.2. The minimum atomic E-state index is -0.597. The first-order valence-electron chi connectivity index (χ1n) is 6.89. The molecule has 22 heavy (non-hydrogen) atoms. The van der Waals surface area contributed by atoms with Crippen molar-refractivity contribution in [1.82, 2.24) is 9.80 Å². The third-order valence-corrected chi connectivity index (χ3v) is 5.14. The van der Waals surface area contributed by atoms with E-state index in [2.05, 4.69) is 0 Å². The van der Waals surface area contributed by atoms with Gasteiger partial charge in [-0.3, -0.25) is 4.79 Å². The Bertz CT molecular complexity index is 652. The van der Waals surface area contributed by atoms with Crippen molar-refractivity contribution in [2.24, 2.45) is 5.73 Å². The summed E-state index contributed by atoms with van der Waals surface area (Å²) in [5.74, 6) is -0.193. The van der Waals surface area contributed by atoms with Gasteiger partial charge in [-0.1, -0.05) is 23.2 Å². The summed E-state index contributed by atoms with van der Waals surface area (Å²) in [7, 11) is 0. The zero-order chi connectivity index (χ0) is 16.0. The number of nitrogens with two attached hydrogens (primary N) is 1. The average Bonchev–Trinajstić information content (AvgIpc) is 2.87. The smallest absolute Gasteiger partial charge is 0.315 e. The predicted molar refractivity (Wildman–Crippen MR) is 82.1 cm³/mol. The predicted octanol–water partition coefficient (Wildman–Crippen LogP) is 1.78. The first-order chi connectivity index (χ1) is 10.4. The van der Waals surface area contributed by atoms with Gasteiger partial charge in [-0.15, -0.1) is 0 Å². The molecule has 0 saturated carbocycles. The molecule has 3 N–H and O–H groups in total. The molecule has 118 valence electrons. The summed E-state index contributed by atoms with van der Waals surface area (Å²) in [5.41, 5.74) is 5.82. The number of carbonyl (C=O) groups excluding carboxylic acids is 2. The number of fused-ring (bicyclic) bond motifs is 1. The van der Waals surface area contributed by atoms with Crippen LogP contribution in [-0.4, -0.2) is 52.5 Å². The van der Waals surface area contributed by atoms with Crippen LogP contribution in [0.2, 0.25) is 10.0 Å². The van der Waals surface area contributed by atoms with Crippen LogP contribution < -0.4 is 5.73 Å². The van der Waals surface area contributed by atoms with E-state index in [1.807, 2.05) is 0 Å². The Kier molecular flexibility index (Phi) is 3.82. The summed E-state index contributed by atoms with van der Waals surface area (Å²) in [4.78, 5) is 26.5. The van der Waals surface area contributed by atoms with E-state index in [9.17, 15) is 14.7 Å². The van der Waals surface area contributed by atoms with Crippen LogP contribution in [0.15, 0.2) is 12.1 Å². The molecule has 0 aliphatic carbocycles. The van der Waals surface area contributed by atoms with Crippen molar-refractivity contribution in [3.8, 4) is 5.75 Å². The number of urea groups is 1. The minimum absolute atomic E-state index is 0.00614. The second-order valence-electron chi connectivity index (χ2n) is 5.65. The van der Waals surface area contributed by atoms with Gasteiger partial charge in [0.15, 0.2) is 0 Å².